The number of benzene rings is 1. The first-order chi connectivity index (χ1) is 9.13. The smallest absolute Gasteiger partial charge is 0.225 e. The Morgan fingerprint density at radius 1 is 1.37 bits per heavy atom. The van der Waals surface area contributed by atoms with Gasteiger partial charge in [0.2, 0.25) is 5.91 Å². The van der Waals surface area contributed by atoms with Crippen LogP contribution in [-0.4, -0.2) is 18.0 Å². The molecule has 2 saturated heterocycles. The summed E-state index contributed by atoms with van der Waals surface area (Å²) >= 11 is 5.87. The van der Waals surface area contributed by atoms with Gasteiger partial charge in [-0.3, -0.25) is 4.79 Å². The van der Waals surface area contributed by atoms with Crippen LogP contribution >= 0.6 is 11.6 Å². The molecule has 102 valence electrons. The predicted octanol–water partition coefficient (Wildman–Crippen LogP) is 2.66. The van der Waals surface area contributed by atoms with Crippen LogP contribution in [0.3, 0.4) is 0 Å². The zero-order valence-corrected chi connectivity index (χ0v) is 11.8. The summed E-state index contributed by atoms with van der Waals surface area (Å²) in [7, 11) is 0. The second-order valence-corrected chi connectivity index (χ2v) is 6.11. The van der Waals surface area contributed by atoms with Gasteiger partial charge in [0.05, 0.1) is 12.0 Å². The molecule has 4 heteroatoms. The Bertz CT molecular complexity index is 474. The highest BCUT2D eigenvalue weighted by molar-refractivity contribution is 6.30. The molecule has 3 rings (SSSR count). The number of carbonyl (C=O) groups is 1. The number of hydrogen-bond acceptors (Lipinski definition) is 2. The van der Waals surface area contributed by atoms with Gasteiger partial charge in [-0.1, -0.05) is 23.7 Å². The maximum absolute atomic E-state index is 12.3. The lowest BCUT2D eigenvalue weighted by molar-refractivity contribution is -0.126. The van der Waals surface area contributed by atoms with Gasteiger partial charge >= 0.3 is 0 Å². The third-order valence-electron chi connectivity index (χ3n) is 4.37. The molecule has 0 saturated carbocycles. The fourth-order valence-electron chi connectivity index (χ4n) is 3.27. The first kappa shape index (κ1) is 12.9. The van der Waals surface area contributed by atoms with E-state index in [1.54, 1.807) is 0 Å². The maximum atomic E-state index is 12.3. The average Bonchev–Trinajstić information content (AvgIpc) is 3.01. The van der Waals surface area contributed by atoms with Crippen LogP contribution in [0.25, 0.3) is 0 Å². The van der Waals surface area contributed by atoms with Crippen LogP contribution in [0.4, 0.5) is 0 Å². The van der Waals surface area contributed by atoms with Crippen molar-refractivity contribution in [3.8, 4) is 0 Å². The molecule has 0 radical (unpaired) electrons. The van der Waals surface area contributed by atoms with E-state index in [-0.39, 0.29) is 17.9 Å². The Balaban J connectivity index is 1.61. The highest BCUT2D eigenvalue weighted by Gasteiger charge is 2.42. The van der Waals surface area contributed by atoms with Gasteiger partial charge in [-0.15, -0.1) is 0 Å². The van der Waals surface area contributed by atoms with Crippen molar-refractivity contribution in [2.75, 3.05) is 0 Å². The van der Waals surface area contributed by atoms with E-state index >= 15 is 0 Å². The third kappa shape index (κ3) is 2.63. The van der Waals surface area contributed by atoms with Gasteiger partial charge in [-0.2, -0.15) is 0 Å². The lowest BCUT2D eigenvalue weighted by atomic mass is 9.88. The number of carbonyl (C=O) groups excluding carboxylic acids is 1. The standard InChI is InChI=1S/C15H19ClN2O/c1-9(10-2-4-11(16)5-3-10)17-15(19)13-8-12-6-7-14(13)18-12/h2-5,9,12-14,18H,6-8H2,1H3,(H,17,19). The summed E-state index contributed by atoms with van der Waals surface area (Å²) in [5, 5.41) is 7.34. The molecule has 19 heavy (non-hydrogen) atoms. The van der Waals surface area contributed by atoms with Crippen molar-refractivity contribution in [3.63, 3.8) is 0 Å². The molecule has 0 aromatic heterocycles. The number of nitrogens with one attached hydrogen (secondary N) is 2. The van der Waals surface area contributed by atoms with Gasteiger partial charge in [-0.25, -0.2) is 0 Å². The van der Waals surface area contributed by atoms with Crippen molar-refractivity contribution in [3.05, 3.63) is 34.9 Å². The van der Waals surface area contributed by atoms with Gasteiger partial charge in [0.25, 0.3) is 0 Å². The first-order valence-electron chi connectivity index (χ1n) is 6.95. The van der Waals surface area contributed by atoms with E-state index < -0.39 is 0 Å². The monoisotopic (exact) mass is 278 g/mol. The molecule has 4 unspecified atom stereocenters. The van der Waals surface area contributed by atoms with Crippen LogP contribution in [0.5, 0.6) is 0 Å². The summed E-state index contributed by atoms with van der Waals surface area (Å²) in [5.74, 6) is 0.329. The number of amides is 1. The van der Waals surface area contributed by atoms with Gasteiger partial charge < -0.3 is 10.6 Å². The minimum absolute atomic E-state index is 0.0314. The largest absolute Gasteiger partial charge is 0.349 e. The van der Waals surface area contributed by atoms with Crippen molar-refractivity contribution in [1.29, 1.82) is 0 Å². The molecule has 2 N–H and O–H groups in total. The highest BCUT2D eigenvalue weighted by atomic mass is 35.5. The molecule has 0 aliphatic carbocycles. The molecular weight excluding hydrogens is 260 g/mol. The zero-order chi connectivity index (χ0) is 13.4. The molecule has 2 bridgehead atoms. The van der Waals surface area contributed by atoms with Crippen molar-refractivity contribution in [1.82, 2.24) is 10.6 Å². The van der Waals surface area contributed by atoms with E-state index in [0.29, 0.717) is 12.1 Å². The third-order valence-corrected chi connectivity index (χ3v) is 4.62. The van der Waals surface area contributed by atoms with Crippen molar-refractivity contribution in [2.24, 2.45) is 5.92 Å². The van der Waals surface area contributed by atoms with E-state index in [4.69, 9.17) is 11.6 Å². The van der Waals surface area contributed by atoms with E-state index in [9.17, 15) is 4.79 Å². The molecule has 3 nitrogen and oxygen atoms in total. The molecule has 2 heterocycles. The van der Waals surface area contributed by atoms with Crippen LogP contribution in [0.15, 0.2) is 24.3 Å². The molecule has 1 amide bonds. The van der Waals surface area contributed by atoms with Gasteiger partial charge in [0.1, 0.15) is 0 Å². The summed E-state index contributed by atoms with van der Waals surface area (Å²) in [6.45, 7) is 2.02. The Hall–Kier alpha value is -1.06. The summed E-state index contributed by atoms with van der Waals surface area (Å²) < 4.78 is 0. The minimum Gasteiger partial charge on any atom is -0.349 e. The van der Waals surface area contributed by atoms with Gasteiger partial charge in [0, 0.05) is 17.1 Å². The maximum Gasteiger partial charge on any atom is 0.225 e. The SMILES string of the molecule is CC(NC(=O)C1CC2CCC1N2)c1ccc(Cl)cc1. The molecule has 2 fully saturated rings. The summed E-state index contributed by atoms with van der Waals surface area (Å²) in [6, 6.07) is 8.63. The topological polar surface area (TPSA) is 41.1 Å². The fraction of sp³-hybridized carbons (Fsp3) is 0.533. The van der Waals surface area contributed by atoms with Crippen LogP contribution in [-0.2, 0) is 4.79 Å². The van der Waals surface area contributed by atoms with Crippen molar-refractivity contribution < 1.29 is 4.79 Å². The normalized spacial score (nSPS) is 30.3. The van der Waals surface area contributed by atoms with Crippen LogP contribution < -0.4 is 10.6 Å². The molecule has 1 aromatic rings. The molecule has 4 atom stereocenters. The van der Waals surface area contributed by atoms with E-state index in [0.717, 1.165) is 23.4 Å². The molecular formula is C15H19ClN2O. The summed E-state index contributed by atoms with van der Waals surface area (Å²) in [4.78, 5) is 12.3. The van der Waals surface area contributed by atoms with E-state index in [2.05, 4.69) is 10.6 Å². The number of rotatable bonds is 3. The number of hydrogen-bond donors (Lipinski definition) is 2. The van der Waals surface area contributed by atoms with Gasteiger partial charge in [-0.05, 0) is 43.9 Å². The Morgan fingerprint density at radius 3 is 2.68 bits per heavy atom. The Kier molecular flexibility index (Phi) is 3.50. The molecule has 2 aliphatic heterocycles. The van der Waals surface area contributed by atoms with Crippen molar-refractivity contribution >= 4 is 17.5 Å². The van der Waals surface area contributed by atoms with Gasteiger partial charge in [0.15, 0.2) is 0 Å². The highest BCUT2D eigenvalue weighted by Crippen LogP contribution is 2.33. The second-order valence-electron chi connectivity index (χ2n) is 5.67. The number of halogens is 1. The molecule has 0 spiro atoms. The first-order valence-corrected chi connectivity index (χ1v) is 7.33. The average molecular weight is 279 g/mol. The molecule has 1 aromatic carbocycles. The zero-order valence-electron chi connectivity index (χ0n) is 11.0. The van der Waals surface area contributed by atoms with Crippen LogP contribution in [0.1, 0.15) is 37.8 Å². The van der Waals surface area contributed by atoms with Crippen LogP contribution in [0.2, 0.25) is 5.02 Å². The summed E-state index contributed by atoms with van der Waals surface area (Å²) in [5.41, 5.74) is 1.09. The number of fused-ring (bicyclic) bond motifs is 2. The van der Waals surface area contributed by atoms with Crippen LogP contribution in [0, 0.1) is 5.92 Å². The lowest BCUT2D eigenvalue weighted by Crippen LogP contribution is -2.38. The quantitative estimate of drug-likeness (QED) is 0.892. The van der Waals surface area contributed by atoms with Crippen molar-refractivity contribution in [2.45, 2.75) is 44.3 Å². The minimum atomic E-state index is 0.0314. The Morgan fingerprint density at radius 2 is 2.11 bits per heavy atom. The lowest BCUT2D eigenvalue weighted by Gasteiger charge is -2.22. The summed E-state index contributed by atoms with van der Waals surface area (Å²) in [6.07, 6.45) is 3.35. The second kappa shape index (κ2) is 5.14. The Labute approximate surface area is 118 Å². The van der Waals surface area contributed by atoms with E-state index in [1.165, 1.54) is 6.42 Å². The van der Waals surface area contributed by atoms with E-state index in [1.807, 2.05) is 31.2 Å². The predicted molar refractivity (Wildman–Crippen MR) is 76.1 cm³/mol. The molecule has 2 aliphatic rings. The fourth-order valence-corrected chi connectivity index (χ4v) is 3.40.